The second kappa shape index (κ2) is 5.75. The van der Waals surface area contributed by atoms with Gasteiger partial charge in [0.2, 0.25) is 0 Å². The van der Waals surface area contributed by atoms with Gasteiger partial charge < -0.3 is 0 Å². The maximum Gasteiger partial charge on any atom is 0.0814 e. The zero-order valence-corrected chi connectivity index (χ0v) is 13.5. The van der Waals surface area contributed by atoms with Crippen molar-refractivity contribution < 1.29 is 0 Å². The third-order valence-corrected chi connectivity index (χ3v) is 5.83. The maximum atomic E-state index is 6.70. The Morgan fingerprint density at radius 2 is 2.10 bits per heavy atom. The topological polar surface area (TPSA) is 12.4 Å². The van der Waals surface area contributed by atoms with Gasteiger partial charge in [0.15, 0.2) is 0 Å². The molecular weight excluding hydrogens is 309 g/mol. The number of halogens is 2. The van der Waals surface area contributed by atoms with E-state index in [0.29, 0.717) is 5.92 Å². The highest BCUT2D eigenvalue weighted by atomic mass is 35.5. The monoisotopic (exact) mass is 325 g/mol. The number of hydrogen-bond donors (Lipinski definition) is 0. The third-order valence-electron chi connectivity index (χ3n) is 4.34. The Labute approximate surface area is 135 Å². The fourth-order valence-corrected chi connectivity index (χ4v) is 3.59. The fourth-order valence-electron chi connectivity index (χ4n) is 2.89. The Bertz CT molecular complexity index is 551. The Morgan fingerprint density at radius 3 is 2.70 bits per heavy atom. The molecule has 0 N–H and O–H groups in total. The molecule has 0 spiro atoms. The number of rotatable bonds is 5. The molecule has 20 heavy (non-hydrogen) atoms. The van der Waals surface area contributed by atoms with E-state index >= 15 is 0 Å². The molecule has 1 aromatic carbocycles. The van der Waals surface area contributed by atoms with Crippen molar-refractivity contribution in [3.8, 4) is 0 Å². The number of thiocarbonyl (C=S) groups is 1. The second-order valence-corrected chi connectivity index (χ2v) is 7.46. The minimum absolute atomic E-state index is 0.0626. The van der Waals surface area contributed by atoms with E-state index in [9.17, 15) is 0 Å². The summed E-state index contributed by atoms with van der Waals surface area (Å²) in [5, 5.41) is 0.830. The predicted octanol–water partition coefficient (Wildman–Crippen LogP) is 4.87. The van der Waals surface area contributed by atoms with E-state index in [0.717, 1.165) is 42.0 Å². The quantitative estimate of drug-likeness (QED) is 0.555. The number of alkyl halides is 1. The van der Waals surface area contributed by atoms with E-state index in [4.69, 9.17) is 35.4 Å². The van der Waals surface area contributed by atoms with E-state index in [1.165, 1.54) is 5.56 Å². The SMILES string of the molecule is S=C1CC=NC1CC(Cc1ccccc1Cl)C1(Cl)CC1. The molecule has 1 saturated carbocycles. The molecule has 0 radical (unpaired) electrons. The summed E-state index contributed by atoms with van der Waals surface area (Å²) in [6, 6.07) is 8.21. The van der Waals surface area contributed by atoms with Crippen molar-refractivity contribution >= 4 is 46.5 Å². The van der Waals surface area contributed by atoms with Crippen molar-refractivity contribution in [3.63, 3.8) is 0 Å². The number of hydrogen-bond acceptors (Lipinski definition) is 2. The predicted molar refractivity (Wildman–Crippen MR) is 90.6 cm³/mol. The van der Waals surface area contributed by atoms with Crippen LogP contribution in [0, 0.1) is 5.92 Å². The van der Waals surface area contributed by atoms with Gasteiger partial charge in [-0.2, -0.15) is 0 Å². The van der Waals surface area contributed by atoms with Gasteiger partial charge in [0.05, 0.1) is 6.04 Å². The minimum atomic E-state index is -0.0626. The van der Waals surface area contributed by atoms with Crippen molar-refractivity contribution in [2.45, 2.75) is 43.0 Å². The Balaban J connectivity index is 1.76. The van der Waals surface area contributed by atoms with Crippen LogP contribution >= 0.6 is 35.4 Å². The molecule has 1 aliphatic carbocycles. The first kappa shape index (κ1) is 14.5. The highest BCUT2D eigenvalue weighted by molar-refractivity contribution is 7.80. The summed E-state index contributed by atoms with van der Waals surface area (Å²) >= 11 is 18.4. The Hall–Kier alpha value is -0.440. The van der Waals surface area contributed by atoms with Gasteiger partial charge in [-0.05, 0) is 43.2 Å². The number of benzene rings is 1. The molecule has 0 bridgehead atoms. The highest BCUT2D eigenvalue weighted by Gasteiger charge is 2.48. The van der Waals surface area contributed by atoms with Crippen LogP contribution in [0.2, 0.25) is 5.02 Å². The van der Waals surface area contributed by atoms with Gasteiger partial charge in [-0.15, -0.1) is 11.6 Å². The lowest BCUT2D eigenvalue weighted by Crippen LogP contribution is -2.26. The van der Waals surface area contributed by atoms with Gasteiger partial charge in [-0.25, -0.2) is 0 Å². The van der Waals surface area contributed by atoms with E-state index in [-0.39, 0.29) is 10.9 Å². The van der Waals surface area contributed by atoms with Crippen molar-refractivity contribution in [2.24, 2.45) is 10.9 Å². The van der Waals surface area contributed by atoms with E-state index in [1.807, 2.05) is 24.4 Å². The van der Waals surface area contributed by atoms with Crippen LogP contribution in [0.5, 0.6) is 0 Å². The second-order valence-electron chi connectivity index (χ2n) is 5.78. The smallest absolute Gasteiger partial charge is 0.0814 e. The number of nitrogens with zero attached hydrogens (tertiary/aromatic N) is 1. The summed E-state index contributed by atoms with van der Waals surface area (Å²) < 4.78 is 0. The molecular formula is C16H17Cl2NS. The van der Waals surface area contributed by atoms with E-state index < -0.39 is 0 Å². The summed E-state index contributed by atoms with van der Waals surface area (Å²) in [5.41, 5.74) is 1.18. The summed E-state index contributed by atoms with van der Waals surface area (Å²) in [6.45, 7) is 0. The first-order valence-electron chi connectivity index (χ1n) is 7.05. The molecule has 0 aromatic heterocycles. The van der Waals surface area contributed by atoms with E-state index in [2.05, 4.69) is 11.1 Å². The van der Waals surface area contributed by atoms with Crippen LogP contribution in [0.25, 0.3) is 0 Å². The van der Waals surface area contributed by atoms with Gasteiger partial charge in [-0.3, -0.25) is 4.99 Å². The van der Waals surface area contributed by atoms with Crippen LogP contribution in [0.4, 0.5) is 0 Å². The molecule has 1 nitrogen and oxygen atoms in total. The van der Waals surface area contributed by atoms with Gasteiger partial charge in [-0.1, -0.05) is 42.0 Å². The molecule has 1 aliphatic heterocycles. The standard InChI is InChI=1S/C16H17Cl2NS/c17-13-4-2-1-3-11(13)9-12(16(18)6-7-16)10-14-15(20)5-8-19-14/h1-4,8,12,14H,5-7,9-10H2. The van der Waals surface area contributed by atoms with Crippen molar-refractivity contribution in [2.75, 3.05) is 0 Å². The lowest BCUT2D eigenvalue weighted by atomic mass is 9.87. The molecule has 4 heteroatoms. The van der Waals surface area contributed by atoms with Crippen LogP contribution in [-0.2, 0) is 6.42 Å². The average molecular weight is 326 g/mol. The summed E-state index contributed by atoms with van der Waals surface area (Å²) in [7, 11) is 0. The van der Waals surface area contributed by atoms with Crippen LogP contribution < -0.4 is 0 Å². The molecule has 3 rings (SSSR count). The van der Waals surface area contributed by atoms with Crippen molar-refractivity contribution in [1.29, 1.82) is 0 Å². The highest BCUT2D eigenvalue weighted by Crippen LogP contribution is 2.52. The zero-order valence-electron chi connectivity index (χ0n) is 11.2. The lowest BCUT2D eigenvalue weighted by Gasteiger charge is -2.24. The van der Waals surface area contributed by atoms with Crippen molar-refractivity contribution in [3.05, 3.63) is 34.9 Å². The van der Waals surface area contributed by atoms with Crippen LogP contribution in [0.3, 0.4) is 0 Å². The Morgan fingerprint density at radius 1 is 1.35 bits per heavy atom. The van der Waals surface area contributed by atoms with Gasteiger partial charge >= 0.3 is 0 Å². The molecule has 106 valence electrons. The number of aliphatic imine (C=N–C) groups is 1. The molecule has 0 saturated heterocycles. The molecule has 1 fully saturated rings. The van der Waals surface area contributed by atoms with Crippen LogP contribution in [0.15, 0.2) is 29.3 Å². The minimum Gasteiger partial charge on any atom is -0.289 e. The van der Waals surface area contributed by atoms with Crippen LogP contribution in [0.1, 0.15) is 31.2 Å². The van der Waals surface area contributed by atoms with Gasteiger partial charge in [0, 0.05) is 27.4 Å². The average Bonchev–Trinajstić information content (AvgIpc) is 3.05. The third kappa shape index (κ3) is 3.08. The fraction of sp³-hybridized carbons (Fsp3) is 0.500. The molecule has 0 amide bonds. The zero-order chi connectivity index (χ0) is 14.2. The molecule has 2 unspecified atom stereocenters. The molecule has 1 heterocycles. The van der Waals surface area contributed by atoms with Crippen molar-refractivity contribution in [1.82, 2.24) is 0 Å². The molecule has 2 aliphatic rings. The van der Waals surface area contributed by atoms with E-state index in [1.54, 1.807) is 0 Å². The van der Waals surface area contributed by atoms with Gasteiger partial charge in [0.25, 0.3) is 0 Å². The summed E-state index contributed by atoms with van der Waals surface area (Å²) in [4.78, 5) is 5.49. The lowest BCUT2D eigenvalue weighted by molar-refractivity contribution is 0.438. The normalized spacial score (nSPS) is 24.9. The largest absolute Gasteiger partial charge is 0.289 e. The molecule has 2 atom stereocenters. The Kier molecular flexibility index (Phi) is 4.16. The molecule has 1 aromatic rings. The first-order chi connectivity index (χ1) is 9.58. The first-order valence-corrected chi connectivity index (χ1v) is 8.21. The summed E-state index contributed by atoms with van der Waals surface area (Å²) in [5.74, 6) is 0.391. The van der Waals surface area contributed by atoms with Gasteiger partial charge in [0.1, 0.15) is 0 Å². The van der Waals surface area contributed by atoms with Crippen LogP contribution in [-0.4, -0.2) is 22.0 Å². The summed E-state index contributed by atoms with van der Waals surface area (Å²) in [6.07, 6.45) is 6.82. The maximum absolute atomic E-state index is 6.70.